The first-order valence-electron chi connectivity index (χ1n) is 10.3. The van der Waals surface area contributed by atoms with Gasteiger partial charge in [-0.3, -0.25) is 14.5 Å². The number of rotatable bonds is 6. The predicted octanol–water partition coefficient (Wildman–Crippen LogP) is 1.12. The average Bonchev–Trinajstić information content (AvgIpc) is 3.06. The van der Waals surface area contributed by atoms with E-state index < -0.39 is 9.84 Å². The highest BCUT2D eigenvalue weighted by Crippen LogP contribution is 2.20. The second-order valence-electron chi connectivity index (χ2n) is 8.43. The van der Waals surface area contributed by atoms with Crippen LogP contribution in [-0.4, -0.2) is 91.7 Å². The molecule has 0 bridgehead atoms. The van der Waals surface area contributed by atoms with Crippen molar-refractivity contribution in [2.45, 2.75) is 26.3 Å². The fourth-order valence-electron chi connectivity index (χ4n) is 4.02. The minimum Gasteiger partial charge on any atom is -0.337 e. The first-order valence-corrected chi connectivity index (χ1v) is 12.1. The Morgan fingerprint density at radius 3 is 2.31 bits per heavy atom. The van der Waals surface area contributed by atoms with E-state index in [4.69, 9.17) is 0 Å². The van der Waals surface area contributed by atoms with E-state index in [2.05, 4.69) is 4.90 Å². The van der Waals surface area contributed by atoms with Crippen LogP contribution in [0.3, 0.4) is 0 Å². The summed E-state index contributed by atoms with van der Waals surface area (Å²) in [6.07, 6.45) is 0.528. The van der Waals surface area contributed by atoms with E-state index in [1.807, 2.05) is 49.1 Å². The van der Waals surface area contributed by atoms with Crippen molar-refractivity contribution in [3.8, 4) is 0 Å². The van der Waals surface area contributed by atoms with E-state index in [9.17, 15) is 18.0 Å². The molecule has 2 aliphatic rings. The van der Waals surface area contributed by atoms with E-state index in [-0.39, 0.29) is 41.8 Å². The van der Waals surface area contributed by atoms with Crippen molar-refractivity contribution >= 4 is 21.7 Å². The lowest BCUT2D eigenvalue weighted by Gasteiger charge is -2.37. The van der Waals surface area contributed by atoms with Gasteiger partial charge in [0.2, 0.25) is 5.91 Å². The molecule has 7 nitrogen and oxygen atoms in total. The van der Waals surface area contributed by atoms with E-state index in [1.165, 1.54) is 0 Å². The van der Waals surface area contributed by atoms with Gasteiger partial charge in [-0.05, 0) is 24.5 Å². The number of sulfone groups is 1. The second kappa shape index (κ2) is 9.26. The van der Waals surface area contributed by atoms with Crippen molar-refractivity contribution in [3.63, 3.8) is 0 Å². The molecular weight excluding hydrogens is 390 g/mol. The Hall–Kier alpha value is -1.93. The third-order valence-corrected chi connectivity index (χ3v) is 7.32. The Labute approximate surface area is 173 Å². The molecule has 160 valence electrons. The van der Waals surface area contributed by atoms with Gasteiger partial charge in [0, 0.05) is 44.3 Å². The van der Waals surface area contributed by atoms with Crippen molar-refractivity contribution in [3.05, 3.63) is 35.9 Å². The SMILES string of the molecule is CC(C)CN(C(=O)CN1CCN(C(=O)c2ccccc2)CC1)[C@H]1CCS(=O)(=O)C1. The van der Waals surface area contributed by atoms with Crippen LogP contribution in [0.4, 0.5) is 0 Å². The maximum absolute atomic E-state index is 13.0. The number of nitrogens with zero attached hydrogens (tertiary/aromatic N) is 3. The molecule has 29 heavy (non-hydrogen) atoms. The van der Waals surface area contributed by atoms with Crippen molar-refractivity contribution in [2.24, 2.45) is 5.92 Å². The zero-order chi connectivity index (χ0) is 21.0. The van der Waals surface area contributed by atoms with Crippen LogP contribution in [0.15, 0.2) is 30.3 Å². The Bertz CT molecular complexity index is 818. The zero-order valence-corrected chi connectivity index (χ0v) is 18.1. The molecule has 0 N–H and O–H groups in total. The molecule has 8 heteroatoms. The van der Waals surface area contributed by atoms with Gasteiger partial charge in [-0.25, -0.2) is 8.42 Å². The lowest BCUT2D eigenvalue weighted by Crippen LogP contribution is -2.53. The van der Waals surface area contributed by atoms with Crippen molar-refractivity contribution < 1.29 is 18.0 Å². The van der Waals surface area contributed by atoms with Crippen LogP contribution in [0.1, 0.15) is 30.6 Å². The van der Waals surface area contributed by atoms with Crippen LogP contribution in [0.5, 0.6) is 0 Å². The molecule has 2 amide bonds. The number of hydrogen-bond donors (Lipinski definition) is 0. The highest BCUT2D eigenvalue weighted by Gasteiger charge is 2.35. The summed E-state index contributed by atoms with van der Waals surface area (Å²) >= 11 is 0. The van der Waals surface area contributed by atoms with Gasteiger partial charge >= 0.3 is 0 Å². The van der Waals surface area contributed by atoms with Crippen LogP contribution >= 0.6 is 0 Å². The summed E-state index contributed by atoms with van der Waals surface area (Å²) in [6.45, 7) is 7.38. The summed E-state index contributed by atoms with van der Waals surface area (Å²) < 4.78 is 23.7. The van der Waals surface area contributed by atoms with E-state index in [1.54, 1.807) is 4.90 Å². The first kappa shape index (κ1) is 21.8. The van der Waals surface area contributed by atoms with E-state index >= 15 is 0 Å². The summed E-state index contributed by atoms with van der Waals surface area (Å²) in [4.78, 5) is 31.2. The Balaban J connectivity index is 1.55. The largest absolute Gasteiger partial charge is 0.337 e. The van der Waals surface area contributed by atoms with Crippen molar-refractivity contribution in [2.75, 3.05) is 50.8 Å². The maximum Gasteiger partial charge on any atom is 0.253 e. The quantitative estimate of drug-likeness (QED) is 0.688. The fourth-order valence-corrected chi connectivity index (χ4v) is 5.75. The highest BCUT2D eigenvalue weighted by molar-refractivity contribution is 7.91. The third-order valence-electron chi connectivity index (χ3n) is 5.57. The number of benzene rings is 1. The average molecular weight is 422 g/mol. The fraction of sp³-hybridized carbons (Fsp3) is 0.619. The van der Waals surface area contributed by atoms with Gasteiger partial charge in [-0.1, -0.05) is 32.0 Å². The Morgan fingerprint density at radius 2 is 1.76 bits per heavy atom. The summed E-state index contributed by atoms with van der Waals surface area (Å²) in [5, 5.41) is 0. The van der Waals surface area contributed by atoms with Gasteiger partial charge in [-0.15, -0.1) is 0 Å². The third kappa shape index (κ3) is 5.79. The molecule has 1 aromatic rings. The van der Waals surface area contributed by atoms with Crippen LogP contribution in [-0.2, 0) is 14.6 Å². The Morgan fingerprint density at radius 1 is 1.10 bits per heavy atom. The van der Waals surface area contributed by atoms with Crippen LogP contribution < -0.4 is 0 Å². The summed E-state index contributed by atoms with van der Waals surface area (Å²) in [5.74, 6) is 0.533. The summed E-state index contributed by atoms with van der Waals surface area (Å²) in [5.41, 5.74) is 0.683. The molecule has 1 atom stereocenters. The summed E-state index contributed by atoms with van der Waals surface area (Å²) in [6, 6.07) is 9.02. The smallest absolute Gasteiger partial charge is 0.253 e. The minimum absolute atomic E-state index is 0.0105. The topological polar surface area (TPSA) is 78.0 Å². The highest BCUT2D eigenvalue weighted by atomic mass is 32.2. The lowest BCUT2D eigenvalue weighted by molar-refractivity contribution is -0.135. The molecule has 0 aromatic heterocycles. The van der Waals surface area contributed by atoms with E-state index in [0.29, 0.717) is 44.7 Å². The van der Waals surface area contributed by atoms with Crippen LogP contribution in [0.25, 0.3) is 0 Å². The molecule has 0 unspecified atom stereocenters. The number of amides is 2. The van der Waals surface area contributed by atoms with Gasteiger partial charge in [0.05, 0.1) is 18.1 Å². The number of carbonyl (C=O) groups excluding carboxylic acids is 2. The molecule has 2 aliphatic heterocycles. The van der Waals surface area contributed by atoms with Crippen molar-refractivity contribution in [1.29, 1.82) is 0 Å². The molecule has 0 saturated carbocycles. The van der Waals surface area contributed by atoms with Gasteiger partial charge in [0.1, 0.15) is 0 Å². The molecule has 2 heterocycles. The molecular formula is C21H31N3O4S. The van der Waals surface area contributed by atoms with Crippen LogP contribution in [0.2, 0.25) is 0 Å². The van der Waals surface area contributed by atoms with E-state index in [0.717, 1.165) is 0 Å². The number of carbonyl (C=O) groups is 2. The Kier molecular flexibility index (Phi) is 6.95. The maximum atomic E-state index is 13.0. The van der Waals surface area contributed by atoms with Crippen LogP contribution in [0, 0.1) is 5.92 Å². The minimum atomic E-state index is -3.04. The van der Waals surface area contributed by atoms with Gasteiger partial charge in [0.15, 0.2) is 9.84 Å². The van der Waals surface area contributed by atoms with Crippen molar-refractivity contribution in [1.82, 2.24) is 14.7 Å². The second-order valence-corrected chi connectivity index (χ2v) is 10.7. The monoisotopic (exact) mass is 421 g/mol. The van der Waals surface area contributed by atoms with Gasteiger partial charge in [-0.2, -0.15) is 0 Å². The molecule has 0 aliphatic carbocycles. The first-order chi connectivity index (χ1) is 13.7. The lowest BCUT2D eigenvalue weighted by atomic mass is 10.1. The number of hydrogen-bond acceptors (Lipinski definition) is 5. The number of piperazine rings is 1. The standard InChI is InChI=1S/C21H31N3O4S/c1-17(2)14-24(19-8-13-29(27,28)16-19)20(25)15-22-9-11-23(12-10-22)21(26)18-6-4-3-5-7-18/h3-7,17,19H,8-16H2,1-2H3/t19-/m0/s1. The molecule has 3 rings (SSSR count). The molecule has 1 aromatic carbocycles. The van der Waals surface area contributed by atoms with Gasteiger partial charge < -0.3 is 9.80 Å². The molecule has 0 spiro atoms. The summed E-state index contributed by atoms with van der Waals surface area (Å²) in [7, 11) is -3.04. The predicted molar refractivity (Wildman–Crippen MR) is 112 cm³/mol. The van der Waals surface area contributed by atoms with Gasteiger partial charge in [0.25, 0.3) is 5.91 Å². The molecule has 2 saturated heterocycles. The molecule has 0 radical (unpaired) electrons. The zero-order valence-electron chi connectivity index (χ0n) is 17.3. The normalized spacial score (nSPS) is 22.0. The molecule has 2 fully saturated rings.